The second-order valence-corrected chi connectivity index (χ2v) is 7.24. The average Bonchev–Trinajstić information content (AvgIpc) is 3.38. The standard InChI is InChI=1S/C22H18F4N4O3/c1-11-5-6-14(17(8-11)33-22(25)26)27-18(31)10-30-21-19(12(2)29-30)13(20(23)24)9-15(28-21)16-4-3-7-32-16/h3-9,20,22H,10H2,1-2H3,(H,27,31). The van der Waals surface area contributed by atoms with Gasteiger partial charge in [0, 0.05) is 5.56 Å². The molecule has 3 heterocycles. The van der Waals surface area contributed by atoms with Crippen LogP contribution in [0.3, 0.4) is 0 Å². The first kappa shape index (κ1) is 22.3. The van der Waals surface area contributed by atoms with Crippen molar-refractivity contribution in [3.05, 3.63) is 59.5 Å². The molecule has 0 radical (unpaired) electrons. The summed E-state index contributed by atoms with van der Waals surface area (Å²) in [6.07, 6.45) is -1.42. The highest BCUT2D eigenvalue weighted by atomic mass is 19.3. The number of pyridine rings is 1. The summed E-state index contributed by atoms with van der Waals surface area (Å²) in [5.74, 6) is -0.550. The Morgan fingerprint density at radius 2 is 1.97 bits per heavy atom. The largest absolute Gasteiger partial charge is 0.463 e. The molecule has 11 heteroatoms. The molecular formula is C22H18F4N4O3. The van der Waals surface area contributed by atoms with Crippen LogP contribution in [0.4, 0.5) is 23.2 Å². The quantitative estimate of drug-likeness (QED) is 0.368. The van der Waals surface area contributed by atoms with Crippen LogP contribution in [0.15, 0.2) is 47.1 Å². The molecule has 4 aromatic rings. The molecule has 0 unspecified atom stereocenters. The molecule has 0 saturated carbocycles. The second kappa shape index (κ2) is 8.93. The molecule has 7 nitrogen and oxygen atoms in total. The van der Waals surface area contributed by atoms with E-state index in [2.05, 4.69) is 20.1 Å². The Labute approximate surface area is 185 Å². The molecule has 172 valence electrons. The van der Waals surface area contributed by atoms with Crippen LogP contribution in [0.25, 0.3) is 22.5 Å². The molecule has 0 fully saturated rings. The molecule has 33 heavy (non-hydrogen) atoms. The Balaban J connectivity index is 1.69. The first-order valence-corrected chi connectivity index (χ1v) is 9.78. The number of rotatable bonds is 7. The molecule has 1 N–H and O–H groups in total. The van der Waals surface area contributed by atoms with Crippen LogP contribution in [0, 0.1) is 13.8 Å². The van der Waals surface area contributed by atoms with Crippen molar-refractivity contribution in [2.75, 3.05) is 5.32 Å². The Kier molecular flexibility index (Phi) is 6.03. The zero-order chi connectivity index (χ0) is 23.7. The van der Waals surface area contributed by atoms with Gasteiger partial charge in [0.2, 0.25) is 5.91 Å². The van der Waals surface area contributed by atoms with Crippen LogP contribution < -0.4 is 10.1 Å². The molecule has 0 aliphatic carbocycles. The number of anilines is 1. The van der Waals surface area contributed by atoms with E-state index in [0.29, 0.717) is 5.56 Å². The van der Waals surface area contributed by atoms with Gasteiger partial charge in [0.15, 0.2) is 11.4 Å². The molecule has 1 amide bonds. The van der Waals surface area contributed by atoms with Gasteiger partial charge in [-0.1, -0.05) is 6.07 Å². The maximum absolute atomic E-state index is 13.8. The lowest BCUT2D eigenvalue weighted by Crippen LogP contribution is -2.20. The van der Waals surface area contributed by atoms with Crippen molar-refractivity contribution in [2.24, 2.45) is 0 Å². The first-order valence-electron chi connectivity index (χ1n) is 9.78. The summed E-state index contributed by atoms with van der Waals surface area (Å²) >= 11 is 0. The van der Waals surface area contributed by atoms with Gasteiger partial charge in [-0.3, -0.25) is 4.79 Å². The van der Waals surface area contributed by atoms with Crippen molar-refractivity contribution >= 4 is 22.6 Å². The van der Waals surface area contributed by atoms with Crippen LogP contribution in [-0.4, -0.2) is 27.3 Å². The highest BCUT2D eigenvalue weighted by Gasteiger charge is 2.23. The zero-order valence-corrected chi connectivity index (χ0v) is 17.5. The van der Waals surface area contributed by atoms with E-state index in [1.807, 2.05) is 0 Å². The number of aromatic nitrogens is 3. The minimum absolute atomic E-state index is 0.0385. The predicted octanol–water partition coefficient (Wildman–Crippen LogP) is 5.49. The van der Waals surface area contributed by atoms with Gasteiger partial charge in [-0.25, -0.2) is 18.4 Å². The molecular weight excluding hydrogens is 444 g/mol. The molecule has 3 aromatic heterocycles. The van der Waals surface area contributed by atoms with Gasteiger partial charge >= 0.3 is 6.61 Å². The minimum Gasteiger partial charge on any atom is -0.463 e. The summed E-state index contributed by atoms with van der Waals surface area (Å²) < 4.78 is 64.0. The van der Waals surface area contributed by atoms with E-state index >= 15 is 0 Å². The SMILES string of the molecule is Cc1ccc(NC(=O)Cn2nc(C)c3c(C(F)F)cc(-c4ccco4)nc32)c(OC(F)F)c1. The third-order valence-electron chi connectivity index (χ3n) is 4.84. The lowest BCUT2D eigenvalue weighted by atomic mass is 10.1. The first-order chi connectivity index (χ1) is 15.7. The van der Waals surface area contributed by atoms with Crippen LogP contribution in [0.2, 0.25) is 0 Å². The van der Waals surface area contributed by atoms with Crippen LogP contribution >= 0.6 is 0 Å². The van der Waals surface area contributed by atoms with Crippen LogP contribution in [0.5, 0.6) is 5.75 Å². The normalized spacial score (nSPS) is 11.5. The lowest BCUT2D eigenvalue weighted by molar-refractivity contribution is -0.116. The van der Waals surface area contributed by atoms with Gasteiger partial charge in [-0.2, -0.15) is 13.9 Å². The molecule has 0 aliphatic heterocycles. The molecule has 0 atom stereocenters. The number of ether oxygens (including phenoxy) is 1. The topological polar surface area (TPSA) is 82.2 Å². The van der Waals surface area contributed by atoms with E-state index in [0.717, 1.165) is 0 Å². The highest BCUT2D eigenvalue weighted by molar-refractivity contribution is 5.93. The third kappa shape index (κ3) is 4.66. The Morgan fingerprint density at radius 3 is 2.64 bits per heavy atom. The van der Waals surface area contributed by atoms with Crippen LogP contribution in [0.1, 0.15) is 23.2 Å². The molecule has 0 bridgehead atoms. The fourth-order valence-electron chi connectivity index (χ4n) is 3.47. The van der Waals surface area contributed by atoms with E-state index in [4.69, 9.17) is 4.42 Å². The molecule has 0 saturated heterocycles. The number of alkyl halides is 4. The van der Waals surface area contributed by atoms with Crippen LogP contribution in [-0.2, 0) is 11.3 Å². The number of hydrogen-bond donors (Lipinski definition) is 1. The van der Waals surface area contributed by atoms with Gasteiger partial charge in [0.05, 0.1) is 23.0 Å². The fourth-order valence-corrected chi connectivity index (χ4v) is 3.47. The third-order valence-corrected chi connectivity index (χ3v) is 4.84. The summed E-state index contributed by atoms with van der Waals surface area (Å²) in [6.45, 7) is -0.252. The smallest absolute Gasteiger partial charge is 0.387 e. The van der Waals surface area contributed by atoms with Crippen molar-refractivity contribution in [1.29, 1.82) is 0 Å². The van der Waals surface area contributed by atoms with E-state index < -0.39 is 25.5 Å². The Bertz CT molecular complexity index is 1300. The maximum atomic E-state index is 13.8. The van der Waals surface area contributed by atoms with Crippen molar-refractivity contribution in [2.45, 2.75) is 33.4 Å². The molecule has 0 aliphatic rings. The van der Waals surface area contributed by atoms with E-state index in [-0.39, 0.29) is 45.2 Å². The summed E-state index contributed by atoms with van der Waals surface area (Å²) in [5, 5.41) is 6.82. The number of carbonyl (C=O) groups excluding carboxylic acids is 1. The second-order valence-electron chi connectivity index (χ2n) is 7.24. The van der Waals surface area contributed by atoms with E-state index in [1.54, 1.807) is 25.1 Å². The van der Waals surface area contributed by atoms with Gasteiger partial charge in [0.1, 0.15) is 18.0 Å². The highest BCUT2D eigenvalue weighted by Crippen LogP contribution is 2.33. The summed E-state index contributed by atoms with van der Waals surface area (Å²) in [5.41, 5.74) is 0.906. The predicted molar refractivity (Wildman–Crippen MR) is 111 cm³/mol. The minimum atomic E-state index is -3.07. The fraction of sp³-hybridized carbons (Fsp3) is 0.227. The van der Waals surface area contributed by atoms with Gasteiger partial charge in [-0.15, -0.1) is 0 Å². The monoisotopic (exact) mass is 462 g/mol. The average molecular weight is 462 g/mol. The van der Waals surface area contributed by atoms with Gasteiger partial charge < -0.3 is 14.5 Å². The number of amides is 1. The number of fused-ring (bicyclic) bond motifs is 1. The summed E-state index contributed by atoms with van der Waals surface area (Å²) in [6, 6.07) is 8.81. The Hall–Kier alpha value is -3.89. The van der Waals surface area contributed by atoms with Crippen molar-refractivity contribution in [3.63, 3.8) is 0 Å². The molecule has 0 spiro atoms. The van der Waals surface area contributed by atoms with Gasteiger partial charge in [-0.05, 0) is 49.7 Å². The summed E-state index contributed by atoms with van der Waals surface area (Å²) in [4.78, 5) is 17.1. The number of carbonyl (C=O) groups is 1. The molecule has 4 rings (SSSR count). The van der Waals surface area contributed by atoms with Crippen molar-refractivity contribution < 1.29 is 31.5 Å². The lowest BCUT2D eigenvalue weighted by Gasteiger charge is -2.13. The number of nitrogens with one attached hydrogen (secondary N) is 1. The maximum Gasteiger partial charge on any atom is 0.387 e. The summed E-state index contributed by atoms with van der Waals surface area (Å²) in [7, 11) is 0. The Morgan fingerprint density at radius 1 is 1.18 bits per heavy atom. The number of benzene rings is 1. The van der Waals surface area contributed by atoms with Crippen molar-refractivity contribution in [1.82, 2.24) is 14.8 Å². The number of nitrogens with zero attached hydrogens (tertiary/aromatic N) is 3. The van der Waals surface area contributed by atoms with Crippen molar-refractivity contribution in [3.8, 4) is 17.2 Å². The van der Waals surface area contributed by atoms with Gasteiger partial charge in [0.25, 0.3) is 6.43 Å². The number of aryl methyl sites for hydroxylation is 2. The number of hydrogen-bond acceptors (Lipinski definition) is 5. The zero-order valence-electron chi connectivity index (χ0n) is 17.5. The van der Waals surface area contributed by atoms with E-state index in [9.17, 15) is 22.4 Å². The number of halogens is 4. The van der Waals surface area contributed by atoms with E-state index in [1.165, 1.54) is 36.1 Å². The molecule has 1 aromatic carbocycles. The number of furan rings is 1.